The highest BCUT2D eigenvalue weighted by atomic mass is 28.4. The molecule has 0 bridgehead atoms. The molecule has 1 fully saturated rings. The van der Waals surface area contributed by atoms with E-state index < -0.39 is 37.9 Å². The number of hydrogen-bond acceptors (Lipinski definition) is 4. The summed E-state index contributed by atoms with van der Waals surface area (Å²) in [6.07, 6.45) is -0.115. The van der Waals surface area contributed by atoms with Gasteiger partial charge in [-0.1, -0.05) is 81.4 Å². The van der Waals surface area contributed by atoms with Gasteiger partial charge in [-0.15, -0.1) is 0 Å². The number of benzene rings is 2. The summed E-state index contributed by atoms with van der Waals surface area (Å²) in [5.41, 5.74) is -0.665. The van der Waals surface area contributed by atoms with Gasteiger partial charge in [-0.3, -0.25) is 4.79 Å². The first-order valence-electron chi connectivity index (χ1n) is 11.8. The van der Waals surface area contributed by atoms with E-state index in [1.165, 1.54) is 0 Å². The number of rotatable bonds is 6. The molecular weight excluding hydrogens is 446 g/mol. The lowest BCUT2D eigenvalue weighted by atomic mass is 10.0. The maximum atomic E-state index is 13.0. The lowest BCUT2D eigenvalue weighted by Crippen LogP contribution is -2.67. The van der Waals surface area contributed by atoms with Crippen molar-refractivity contribution in [2.24, 2.45) is 5.92 Å². The Kier molecular flexibility index (Phi) is 7.58. The van der Waals surface area contributed by atoms with Crippen LogP contribution >= 0.6 is 0 Å². The monoisotopic (exact) mass is 483 g/mol. The Morgan fingerprint density at radius 3 is 1.85 bits per heavy atom. The first-order valence-corrected chi connectivity index (χ1v) is 13.7. The van der Waals surface area contributed by atoms with Crippen LogP contribution in [0.1, 0.15) is 48.0 Å². The molecule has 0 radical (unpaired) electrons. The van der Waals surface area contributed by atoms with Crippen LogP contribution in [-0.2, 0) is 14.0 Å². The quantitative estimate of drug-likeness (QED) is 0.621. The van der Waals surface area contributed by atoms with Crippen LogP contribution in [-0.4, -0.2) is 55.2 Å². The van der Waals surface area contributed by atoms with E-state index in [-0.39, 0.29) is 11.6 Å². The van der Waals surface area contributed by atoms with Gasteiger partial charge in [-0.2, -0.15) is 0 Å². The van der Waals surface area contributed by atoms with Gasteiger partial charge >= 0.3 is 12.1 Å². The summed E-state index contributed by atoms with van der Waals surface area (Å²) < 4.78 is 12.6. The summed E-state index contributed by atoms with van der Waals surface area (Å²) in [5, 5.41) is 11.9. The minimum Gasteiger partial charge on any atom is -0.481 e. The smallest absolute Gasteiger partial charge is 0.410 e. The summed E-state index contributed by atoms with van der Waals surface area (Å²) in [7, 11) is -2.86. The summed E-state index contributed by atoms with van der Waals surface area (Å²) in [6, 6.07) is 19.8. The van der Waals surface area contributed by atoms with Crippen LogP contribution in [0.15, 0.2) is 60.7 Å². The zero-order chi connectivity index (χ0) is 25.1. The van der Waals surface area contributed by atoms with Gasteiger partial charge < -0.3 is 19.2 Å². The number of hydrogen-bond donors (Lipinski definition) is 1. The number of aliphatic carboxylic acids is 1. The molecule has 0 saturated carbocycles. The van der Waals surface area contributed by atoms with Gasteiger partial charge in [0.1, 0.15) is 5.60 Å². The predicted molar refractivity (Wildman–Crippen MR) is 136 cm³/mol. The van der Waals surface area contributed by atoms with Gasteiger partial charge in [0, 0.05) is 6.54 Å². The number of amides is 1. The van der Waals surface area contributed by atoms with Crippen LogP contribution < -0.4 is 10.4 Å². The SMILES string of the molecule is CC(C)(C)OC(=O)N1CC[C@H](C(=O)O)[C@H]1CO[Si](c1ccccc1)(c1ccccc1)C(C)(C)C. The third kappa shape index (κ3) is 5.36. The zero-order valence-corrected chi connectivity index (χ0v) is 22.1. The lowest BCUT2D eigenvalue weighted by molar-refractivity contribution is -0.142. The van der Waals surface area contributed by atoms with Gasteiger partial charge in [-0.05, 0) is 42.6 Å². The van der Waals surface area contributed by atoms with E-state index in [9.17, 15) is 14.7 Å². The molecule has 1 aliphatic rings. The molecule has 1 amide bonds. The topological polar surface area (TPSA) is 76.1 Å². The average Bonchev–Trinajstić information content (AvgIpc) is 3.18. The van der Waals surface area contributed by atoms with Crippen LogP contribution in [0.3, 0.4) is 0 Å². The molecule has 0 aromatic heterocycles. The molecule has 2 aromatic rings. The second-order valence-electron chi connectivity index (χ2n) is 10.9. The fourth-order valence-corrected chi connectivity index (χ4v) is 9.44. The van der Waals surface area contributed by atoms with Crippen molar-refractivity contribution in [1.82, 2.24) is 4.90 Å². The molecule has 0 unspecified atom stereocenters. The van der Waals surface area contributed by atoms with Crippen molar-refractivity contribution >= 4 is 30.8 Å². The Morgan fingerprint density at radius 1 is 0.941 bits per heavy atom. The molecule has 2 atom stereocenters. The number of ether oxygens (including phenoxy) is 1. The number of nitrogens with zero attached hydrogens (tertiary/aromatic N) is 1. The molecule has 1 N–H and O–H groups in total. The highest BCUT2D eigenvalue weighted by Crippen LogP contribution is 2.38. The van der Waals surface area contributed by atoms with E-state index in [2.05, 4.69) is 45.0 Å². The molecule has 184 valence electrons. The minimum atomic E-state index is -2.86. The van der Waals surface area contributed by atoms with Crippen molar-refractivity contribution in [1.29, 1.82) is 0 Å². The molecule has 7 heteroatoms. The highest BCUT2D eigenvalue weighted by molar-refractivity contribution is 6.99. The number of carbonyl (C=O) groups is 2. The minimum absolute atomic E-state index is 0.128. The summed E-state index contributed by atoms with van der Waals surface area (Å²) in [4.78, 5) is 26.6. The van der Waals surface area contributed by atoms with E-state index in [4.69, 9.17) is 9.16 Å². The van der Waals surface area contributed by atoms with Crippen LogP contribution in [0.2, 0.25) is 5.04 Å². The highest BCUT2D eigenvalue weighted by Gasteiger charge is 2.52. The van der Waals surface area contributed by atoms with Crippen molar-refractivity contribution in [3.05, 3.63) is 60.7 Å². The molecule has 1 saturated heterocycles. The molecule has 1 heterocycles. The van der Waals surface area contributed by atoms with E-state index in [1.807, 2.05) is 57.2 Å². The van der Waals surface area contributed by atoms with Crippen molar-refractivity contribution in [2.75, 3.05) is 13.2 Å². The maximum Gasteiger partial charge on any atom is 0.410 e. The molecule has 2 aromatic carbocycles. The standard InChI is InChI=1S/C27H37NO5Si/c1-26(2,3)33-25(31)28-18-17-22(24(29)30)23(28)19-32-34(27(4,5)6,20-13-9-7-10-14-20)21-15-11-8-12-16-21/h7-16,22-23H,17-19H2,1-6H3,(H,29,30)/t22-,23+/m0/s1. The van der Waals surface area contributed by atoms with Gasteiger partial charge in [0.05, 0.1) is 18.6 Å². The third-order valence-corrected chi connectivity index (χ3v) is 11.4. The lowest BCUT2D eigenvalue weighted by Gasteiger charge is -2.44. The largest absolute Gasteiger partial charge is 0.481 e. The van der Waals surface area contributed by atoms with E-state index >= 15 is 0 Å². The Labute approximate surface area is 204 Å². The molecule has 3 rings (SSSR count). The zero-order valence-electron chi connectivity index (χ0n) is 21.1. The predicted octanol–water partition coefficient (Wildman–Crippen LogP) is 4.27. The first kappa shape index (κ1) is 26.0. The van der Waals surface area contributed by atoms with Crippen molar-refractivity contribution < 1.29 is 23.9 Å². The van der Waals surface area contributed by atoms with Gasteiger partial charge in [-0.25, -0.2) is 4.79 Å². The number of carboxylic acids is 1. The Bertz CT molecular complexity index is 942. The summed E-state index contributed by atoms with van der Waals surface area (Å²) in [5.74, 6) is -1.62. The van der Waals surface area contributed by atoms with Crippen LogP contribution in [0.4, 0.5) is 4.79 Å². The number of likely N-dealkylation sites (tertiary alicyclic amines) is 1. The van der Waals surface area contributed by atoms with E-state index in [0.29, 0.717) is 13.0 Å². The Balaban J connectivity index is 2.03. The van der Waals surface area contributed by atoms with Crippen LogP contribution in [0.5, 0.6) is 0 Å². The third-order valence-electron chi connectivity index (χ3n) is 6.38. The average molecular weight is 484 g/mol. The Hall–Kier alpha value is -2.64. The fraction of sp³-hybridized carbons (Fsp3) is 0.481. The summed E-state index contributed by atoms with van der Waals surface area (Å²) in [6.45, 7) is 12.4. The molecule has 0 aliphatic carbocycles. The molecule has 34 heavy (non-hydrogen) atoms. The fourth-order valence-electron chi connectivity index (χ4n) is 4.87. The number of carboxylic acid groups (broad SMARTS) is 1. The summed E-state index contributed by atoms with van der Waals surface area (Å²) >= 11 is 0. The number of carbonyl (C=O) groups excluding carboxylic acids is 1. The second-order valence-corrected chi connectivity index (χ2v) is 15.3. The molecule has 1 aliphatic heterocycles. The van der Waals surface area contributed by atoms with Gasteiger partial charge in [0.25, 0.3) is 8.32 Å². The second kappa shape index (κ2) is 9.92. The molecule has 6 nitrogen and oxygen atoms in total. The normalized spacial score (nSPS) is 19.2. The van der Waals surface area contributed by atoms with Crippen LogP contribution in [0.25, 0.3) is 0 Å². The first-order chi connectivity index (χ1) is 15.9. The molecule has 0 spiro atoms. The Morgan fingerprint density at radius 2 is 1.44 bits per heavy atom. The van der Waals surface area contributed by atoms with E-state index in [1.54, 1.807) is 4.90 Å². The van der Waals surface area contributed by atoms with Crippen molar-refractivity contribution in [2.45, 2.75) is 64.6 Å². The van der Waals surface area contributed by atoms with E-state index in [0.717, 1.165) is 10.4 Å². The van der Waals surface area contributed by atoms with Gasteiger partial charge in [0.15, 0.2) is 0 Å². The molecular formula is C27H37NO5Si. The maximum absolute atomic E-state index is 13.0. The van der Waals surface area contributed by atoms with Crippen molar-refractivity contribution in [3.8, 4) is 0 Å². The van der Waals surface area contributed by atoms with Gasteiger partial charge in [0.2, 0.25) is 0 Å². The van der Waals surface area contributed by atoms with Crippen molar-refractivity contribution in [3.63, 3.8) is 0 Å². The van der Waals surface area contributed by atoms with Crippen LogP contribution in [0, 0.1) is 5.92 Å².